The van der Waals surface area contributed by atoms with Crippen LogP contribution in [0, 0.1) is 0 Å². The van der Waals surface area contributed by atoms with E-state index in [1.807, 2.05) is 43.3 Å². The molecule has 0 spiro atoms. The van der Waals surface area contributed by atoms with Crippen molar-refractivity contribution in [1.29, 1.82) is 0 Å². The number of urea groups is 1. The standard InChI is InChI=1S/C12H17N3O/c1-9(2)13-12(16)14-10-5-7-11(8-6-10)15(3)4/h5-8H,1H2,2-4H3,(H2,13,14,16). The second kappa shape index (κ2) is 5.21. The number of rotatable bonds is 3. The monoisotopic (exact) mass is 219 g/mol. The van der Waals surface area contributed by atoms with Crippen molar-refractivity contribution in [2.24, 2.45) is 0 Å². The predicted octanol–water partition coefficient (Wildman–Crippen LogP) is 2.41. The Kier molecular flexibility index (Phi) is 3.94. The summed E-state index contributed by atoms with van der Waals surface area (Å²) in [6.45, 7) is 5.33. The number of carbonyl (C=O) groups is 1. The first-order valence-corrected chi connectivity index (χ1v) is 5.00. The Morgan fingerprint density at radius 2 is 1.81 bits per heavy atom. The molecular weight excluding hydrogens is 202 g/mol. The van der Waals surface area contributed by atoms with E-state index < -0.39 is 0 Å². The molecule has 1 rings (SSSR count). The Morgan fingerprint density at radius 1 is 1.25 bits per heavy atom. The van der Waals surface area contributed by atoms with Gasteiger partial charge in [-0.1, -0.05) is 6.58 Å². The van der Waals surface area contributed by atoms with E-state index in [1.165, 1.54) is 0 Å². The lowest BCUT2D eigenvalue weighted by Crippen LogP contribution is -2.26. The van der Waals surface area contributed by atoms with Crippen molar-refractivity contribution in [2.75, 3.05) is 24.3 Å². The molecule has 0 saturated heterocycles. The fraction of sp³-hybridized carbons (Fsp3) is 0.250. The number of allylic oxidation sites excluding steroid dienone is 1. The summed E-state index contributed by atoms with van der Waals surface area (Å²) >= 11 is 0. The summed E-state index contributed by atoms with van der Waals surface area (Å²) in [6, 6.07) is 7.32. The number of benzene rings is 1. The van der Waals surface area contributed by atoms with E-state index in [1.54, 1.807) is 6.92 Å². The number of anilines is 2. The topological polar surface area (TPSA) is 44.4 Å². The lowest BCUT2D eigenvalue weighted by molar-refractivity contribution is 0.254. The number of nitrogens with one attached hydrogen (secondary N) is 2. The van der Waals surface area contributed by atoms with E-state index in [0.29, 0.717) is 5.70 Å². The Balaban J connectivity index is 2.62. The van der Waals surface area contributed by atoms with Gasteiger partial charge >= 0.3 is 6.03 Å². The van der Waals surface area contributed by atoms with Crippen molar-refractivity contribution >= 4 is 17.4 Å². The van der Waals surface area contributed by atoms with Gasteiger partial charge in [0.2, 0.25) is 0 Å². The number of carbonyl (C=O) groups excluding carboxylic acids is 1. The molecule has 86 valence electrons. The lowest BCUT2D eigenvalue weighted by Gasteiger charge is -2.13. The quantitative estimate of drug-likeness (QED) is 0.820. The van der Waals surface area contributed by atoms with Crippen molar-refractivity contribution in [3.05, 3.63) is 36.5 Å². The molecule has 0 radical (unpaired) electrons. The van der Waals surface area contributed by atoms with E-state index >= 15 is 0 Å². The summed E-state index contributed by atoms with van der Waals surface area (Å²) in [5.74, 6) is 0. The average Bonchev–Trinajstić information content (AvgIpc) is 2.16. The molecule has 16 heavy (non-hydrogen) atoms. The van der Waals surface area contributed by atoms with E-state index in [9.17, 15) is 4.79 Å². The highest BCUT2D eigenvalue weighted by Gasteiger charge is 2.01. The summed E-state index contributed by atoms with van der Waals surface area (Å²) in [5, 5.41) is 5.28. The maximum absolute atomic E-state index is 11.3. The molecule has 0 saturated carbocycles. The fourth-order valence-corrected chi connectivity index (χ4v) is 1.20. The maximum atomic E-state index is 11.3. The highest BCUT2D eigenvalue weighted by atomic mass is 16.2. The molecule has 1 aromatic carbocycles. The second-order valence-corrected chi connectivity index (χ2v) is 3.80. The predicted molar refractivity (Wildman–Crippen MR) is 67.7 cm³/mol. The smallest absolute Gasteiger partial charge is 0.323 e. The maximum Gasteiger partial charge on any atom is 0.323 e. The molecule has 1 aromatic rings. The molecule has 2 amide bonds. The van der Waals surface area contributed by atoms with Crippen LogP contribution in [-0.2, 0) is 0 Å². The molecule has 2 N–H and O–H groups in total. The van der Waals surface area contributed by atoms with Gasteiger partial charge in [-0.2, -0.15) is 0 Å². The molecule has 4 nitrogen and oxygen atoms in total. The van der Waals surface area contributed by atoms with Gasteiger partial charge in [-0.3, -0.25) is 0 Å². The zero-order valence-corrected chi connectivity index (χ0v) is 9.87. The van der Waals surface area contributed by atoms with Crippen LogP contribution in [-0.4, -0.2) is 20.1 Å². The first-order valence-electron chi connectivity index (χ1n) is 5.00. The zero-order chi connectivity index (χ0) is 12.1. The molecule has 0 aliphatic heterocycles. The van der Waals surface area contributed by atoms with Gasteiger partial charge in [0.1, 0.15) is 0 Å². The van der Waals surface area contributed by atoms with Crippen LogP contribution in [0.4, 0.5) is 16.2 Å². The van der Waals surface area contributed by atoms with Crippen LogP contribution in [0.5, 0.6) is 0 Å². The first-order chi connectivity index (χ1) is 7.49. The van der Waals surface area contributed by atoms with Gasteiger partial charge in [0.15, 0.2) is 0 Å². The van der Waals surface area contributed by atoms with Crippen LogP contribution >= 0.6 is 0 Å². The van der Waals surface area contributed by atoms with Gasteiger partial charge in [-0.25, -0.2) is 4.79 Å². The van der Waals surface area contributed by atoms with Crippen LogP contribution in [0.2, 0.25) is 0 Å². The molecule has 4 heteroatoms. The third kappa shape index (κ3) is 3.65. The van der Waals surface area contributed by atoms with Crippen molar-refractivity contribution < 1.29 is 4.79 Å². The molecular formula is C12H17N3O. The van der Waals surface area contributed by atoms with Crippen LogP contribution < -0.4 is 15.5 Å². The summed E-state index contributed by atoms with van der Waals surface area (Å²) in [6.07, 6.45) is 0. The SMILES string of the molecule is C=C(C)NC(=O)Nc1ccc(N(C)C)cc1. The van der Waals surface area contributed by atoms with E-state index in [4.69, 9.17) is 0 Å². The van der Waals surface area contributed by atoms with Gasteiger partial charge in [0.25, 0.3) is 0 Å². The third-order valence-electron chi connectivity index (χ3n) is 1.97. The minimum atomic E-state index is -0.273. The van der Waals surface area contributed by atoms with Gasteiger partial charge < -0.3 is 15.5 Å². The molecule has 0 aliphatic carbocycles. The first kappa shape index (κ1) is 12.1. The molecule has 0 heterocycles. The average molecular weight is 219 g/mol. The highest BCUT2D eigenvalue weighted by molar-refractivity contribution is 5.90. The fourth-order valence-electron chi connectivity index (χ4n) is 1.20. The zero-order valence-electron chi connectivity index (χ0n) is 9.87. The molecule has 0 fully saturated rings. The van der Waals surface area contributed by atoms with E-state index in [-0.39, 0.29) is 6.03 Å². The van der Waals surface area contributed by atoms with E-state index in [0.717, 1.165) is 11.4 Å². The van der Waals surface area contributed by atoms with Crippen LogP contribution in [0.3, 0.4) is 0 Å². The molecule has 0 atom stereocenters. The molecule has 0 aliphatic rings. The summed E-state index contributed by atoms with van der Waals surface area (Å²) < 4.78 is 0. The Morgan fingerprint density at radius 3 is 2.25 bits per heavy atom. The minimum Gasteiger partial charge on any atom is -0.378 e. The van der Waals surface area contributed by atoms with Gasteiger partial charge in [0, 0.05) is 31.2 Å². The molecule has 0 aromatic heterocycles. The molecule has 0 unspecified atom stereocenters. The largest absolute Gasteiger partial charge is 0.378 e. The second-order valence-electron chi connectivity index (χ2n) is 3.80. The van der Waals surface area contributed by atoms with Crippen molar-refractivity contribution in [3.8, 4) is 0 Å². The van der Waals surface area contributed by atoms with Crippen LogP contribution in [0.1, 0.15) is 6.92 Å². The van der Waals surface area contributed by atoms with Crippen molar-refractivity contribution in [1.82, 2.24) is 5.32 Å². The highest BCUT2D eigenvalue weighted by Crippen LogP contribution is 2.15. The van der Waals surface area contributed by atoms with Crippen LogP contribution in [0.25, 0.3) is 0 Å². The van der Waals surface area contributed by atoms with Crippen LogP contribution in [0.15, 0.2) is 36.5 Å². The Labute approximate surface area is 96.0 Å². The third-order valence-corrected chi connectivity index (χ3v) is 1.97. The van der Waals surface area contributed by atoms with Crippen molar-refractivity contribution in [2.45, 2.75) is 6.92 Å². The summed E-state index contributed by atoms with van der Waals surface area (Å²) in [7, 11) is 3.94. The number of nitrogens with zero attached hydrogens (tertiary/aromatic N) is 1. The number of amides is 2. The van der Waals surface area contributed by atoms with Gasteiger partial charge in [0.05, 0.1) is 0 Å². The summed E-state index contributed by atoms with van der Waals surface area (Å²) in [4.78, 5) is 13.3. The minimum absolute atomic E-state index is 0.273. The number of hydrogen-bond donors (Lipinski definition) is 2. The molecule has 0 bridgehead atoms. The lowest BCUT2D eigenvalue weighted by atomic mass is 10.2. The van der Waals surface area contributed by atoms with Crippen molar-refractivity contribution in [3.63, 3.8) is 0 Å². The van der Waals surface area contributed by atoms with E-state index in [2.05, 4.69) is 17.2 Å². The Bertz CT molecular complexity index is 382. The normalized spacial score (nSPS) is 9.44. The van der Waals surface area contributed by atoms with Gasteiger partial charge in [-0.15, -0.1) is 0 Å². The van der Waals surface area contributed by atoms with Gasteiger partial charge in [-0.05, 0) is 31.2 Å². The number of hydrogen-bond acceptors (Lipinski definition) is 2. The summed E-state index contributed by atoms with van der Waals surface area (Å²) in [5.41, 5.74) is 2.46. The Hall–Kier alpha value is -1.97.